The number of carbonyl (C=O) groups excluding carboxylic acids is 2. The first-order valence-electron chi connectivity index (χ1n) is 7.58. The summed E-state index contributed by atoms with van der Waals surface area (Å²) < 4.78 is 5.18. The number of halogens is 1. The van der Waals surface area contributed by atoms with Gasteiger partial charge in [-0.05, 0) is 30.7 Å². The Morgan fingerprint density at radius 1 is 1.09 bits per heavy atom. The lowest BCUT2D eigenvalue weighted by atomic mass is 10.2. The van der Waals surface area contributed by atoms with Crippen molar-refractivity contribution >= 4 is 23.6 Å². The van der Waals surface area contributed by atoms with Crippen LogP contribution in [0.5, 0.6) is 0 Å². The third-order valence-electron chi connectivity index (χ3n) is 3.64. The number of benzene rings is 1. The Kier molecular flexibility index (Phi) is 6.07. The van der Waals surface area contributed by atoms with Gasteiger partial charge in [0.2, 0.25) is 0 Å². The van der Waals surface area contributed by atoms with Crippen molar-refractivity contribution in [3.8, 4) is 0 Å². The van der Waals surface area contributed by atoms with Crippen LogP contribution in [0.4, 0.5) is 4.79 Å². The zero-order valence-electron chi connectivity index (χ0n) is 12.8. The maximum absolute atomic E-state index is 12.3. The lowest BCUT2D eigenvalue weighted by Crippen LogP contribution is -2.50. The van der Waals surface area contributed by atoms with Crippen LogP contribution in [-0.2, 0) is 4.74 Å². The first-order chi connectivity index (χ1) is 10.6. The largest absolute Gasteiger partial charge is 0.449 e. The molecule has 0 atom stereocenters. The maximum Gasteiger partial charge on any atom is 0.409 e. The molecular weight excluding hydrogens is 304 g/mol. The second-order valence-electron chi connectivity index (χ2n) is 5.25. The van der Waals surface area contributed by atoms with Crippen molar-refractivity contribution in [2.24, 2.45) is 0 Å². The van der Waals surface area contributed by atoms with Gasteiger partial charge in [0.25, 0.3) is 5.91 Å². The Hall–Kier alpha value is -1.75. The van der Waals surface area contributed by atoms with Crippen LogP contribution in [0, 0.1) is 0 Å². The van der Waals surface area contributed by atoms with Crippen molar-refractivity contribution in [3.63, 3.8) is 0 Å². The Morgan fingerprint density at radius 3 is 2.27 bits per heavy atom. The fraction of sp³-hybridized carbons (Fsp3) is 0.500. The minimum absolute atomic E-state index is 0.0318. The minimum Gasteiger partial charge on any atom is -0.449 e. The molecular formula is C16H21ClN2O3. The van der Waals surface area contributed by atoms with Gasteiger partial charge in [-0.1, -0.05) is 24.9 Å². The highest BCUT2D eigenvalue weighted by atomic mass is 35.5. The van der Waals surface area contributed by atoms with Crippen LogP contribution in [0.1, 0.15) is 30.1 Å². The number of hydrogen-bond acceptors (Lipinski definition) is 3. The number of hydrogen-bond donors (Lipinski definition) is 0. The summed E-state index contributed by atoms with van der Waals surface area (Å²) in [7, 11) is 0. The highest BCUT2D eigenvalue weighted by molar-refractivity contribution is 6.30. The van der Waals surface area contributed by atoms with E-state index in [0.717, 1.165) is 12.8 Å². The van der Waals surface area contributed by atoms with Crippen molar-refractivity contribution in [2.75, 3.05) is 32.8 Å². The van der Waals surface area contributed by atoms with E-state index in [1.54, 1.807) is 34.1 Å². The van der Waals surface area contributed by atoms with Gasteiger partial charge in [-0.3, -0.25) is 4.79 Å². The monoisotopic (exact) mass is 324 g/mol. The van der Waals surface area contributed by atoms with Gasteiger partial charge in [-0.2, -0.15) is 0 Å². The number of rotatable bonds is 4. The Labute approximate surface area is 135 Å². The summed E-state index contributed by atoms with van der Waals surface area (Å²) >= 11 is 5.83. The fourth-order valence-corrected chi connectivity index (χ4v) is 2.39. The minimum atomic E-state index is -0.285. The average molecular weight is 325 g/mol. The highest BCUT2D eigenvalue weighted by Crippen LogP contribution is 2.13. The molecule has 5 nitrogen and oxygen atoms in total. The standard InChI is InChI=1S/C16H21ClN2O3/c1-2-3-12-22-16(21)19-10-8-18(9-11-19)15(20)13-4-6-14(17)7-5-13/h4-7H,2-3,8-12H2,1H3. The number of amides is 2. The van der Waals surface area contributed by atoms with Crippen LogP contribution in [-0.4, -0.2) is 54.6 Å². The van der Waals surface area contributed by atoms with E-state index >= 15 is 0 Å². The van der Waals surface area contributed by atoms with Gasteiger partial charge in [0.15, 0.2) is 0 Å². The summed E-state index contributed by atoms with van der Waals surface area (Å²) in [5.74, 6) is -0.0318. The zero-order valence-corrected chi connectivity index (χ0v) is 13.5. The second-order valence-corrected chi connectivity index (χ2v) is 5.69. The molecule has 2 rings (SSSR count). The molecule has 1 fully saturated rings. The van der Waals surface area contributed by atoms with Crippen LogP contribution in [0.2, 0.25) is 5.02 Å². The molecule has 6 heteroatoms. The highest BCUT2D eigenvalue weighted by Gasteiger charge is 2.25. The number of ether oxygens (including phenoxy) is 1. The molecule has 0 saturated carbocycles. The maximum atomic E-state index is 12.3. The number of unbranched alkanes of at least 4 members (excludes halogenated alkanes) is 1. The van der Waals surface area contributed by atoms with Gasteiger partial charge in [-0.15, -0.1) is 0 Å². The summed E-state index contributed by atoms with van der Waals surface area (Å²) in [6, 6.07) is 6.85. The lowest BCUT2D eigenvalue weighted by Gasteiger charge is -2.34. The van der Waals surface area contributed by atoms with Gasteiger partial charge in [0.1, 0.15) is 0 Å². The lowest BCUT2D eigenvalue weighted by molar-refractivity contribution is 0.0557. The second kappa shape index (κ2) is 8.03. The molecule has 1 saturated heterocycles. The molecule has 2 amide bonds. The van der Waals surface area contributed by atoms with Crippen molar-refractivity contribution < 1.29 is 14.3 Å². The topological polar surface area (TPSA) is 49.9 Å². The fourth-order valence-electron chi connectivity index (χ4n) is 2.26. The number of piperazine rings is 1. The summed E-state index contributed by atoms with van der Waals surface area (Å²) in [6.45, 7) is 4.55. The van der Waals surface area contributed by atoms with Crippen LogP contribution in [0.25, 0.3) is 0 Å². The molecule has 0 radical (unpaired) electrons. The van der Waals surface area contributed by atoms with E-state index in [2.05, 4.69) is 6.92 Å². The Balaban J connectivity index is 1.82. The quantitative estimate of drug-likeness (QED) is 0.800. The normalized spacial score (nSPS) is 14.8. The molecule has 1 aliphatic rings. The molecule has 0 bridgehead atoms. The van der Waals surface area contributed by atoms with E-state index < -0.39 is 0 Å². The predicted molar refractivity (Wildman–Crippen MR) is 85.2 cm³/mol. The van der Waals surface area contributed by atoms with E-state index in [1.165, 1.54) is 0 Å². The van der Waals surface area contributed by atoms with Gasteiger partial charge < -0.3 is 14.5 Å². The molecule has 0 aromatic heterocycles. The predicted octanol–water partition coefficient (Wildman–Crippen LogP) is 3.03. The van der Waals surface area contributed by atoms with Crippen LogP contribution < -0.4 is 0 Å². The molecule has 1 aliphatic heterocycles. The van der Waals surface area contributed by atoms with Gasteiger partial charge in [0, 0.05) is 36.8 Å². The van der Waals surface area contributed by atoms with Crippen molar-refractivity contribution in [1.29, 1.82) is 0 Å². The molecule has 1 aromatic rings. The Bertz CT molecular complexity index is 511. The third-order valence-corrected chi connectivity index (χ3v) is 3.89. The molecule has 0 spiro atoms. The van der Waals surface area contributed by atoms with E-state index in [-0.39, 0.29) is 12.0 Å². The zero-order chi connectivity index (χ0) is 15.9. The van der Waals surface area contributed by atoms with Gasteiger partial charge in [0.05, 0.1) is 6.61 Å². The molecule has 1 aromatic carbocycles. The number of carbonyl (C=O) groups is 2. The van der Waals surface area contributed by atoms with Crippen LogP contribution in [0.3, 0.4) is 0 Å². The summed E-state index contributed by atoms with van der Waals surface area (Å²) in [6.07, 6.45) is 1.59. The summed E-state index contributed by atoms with van der Waals surface area (Å²) in [5, 5.41) is 0.608. The Morgan fingerprint density at radius 2 is 1.68 bits per heavy atom. The van der Waals surface area contributed by atoms with Crippen molar-refractivity contribution in [1.82, 2.24) is 9.80 Å². The molecule has 0 N–H and O–H groups in total. The number of nitrogens with zero attached hydrogens (tertiary/aromatic N) is 2. The smallest absolute Gasteiger partial charge is 0.409 e. The van der Waals surface area contributed by atoms with Crippen molar-refractivity contribution in [3.05, 3.63) is 34.9 Å². The first-order valence-corrected chi connectivity index (χ1v) is 7.96. The average Bonchev–Trinajstić information content (AvgIpc) is 2.55. The SMILES string of the molecule is CCCCOC(=O)N1CCN(C(=O)c2ccc(Cl)cc2)CC1. The molecule has 1 heterocycles. The third kappa shape index (κ3) is 4.37. The molecule has 0 aliphatic carbocycles. The first kappa shape index (κ1) is 16.6. The van der Waals surface area contributed by atoms with Crippen LogP contribution >= 0.6 is 11.6 Å². The summed E-state index contributed by atoms with van der Waals surface area (Å²) in [4.78, 5) is 27.6. The molecule has 120 valence electrons. The van der Waals surface area contributed by atoms with E-state index in [1.807, 2.05) is 0 Å². The van der Waals surface area contributed by atoms with Crippen molar-refractivity contribution in [2.45, 2.75) is 19.8 Å². The molecule has 0 unspecified atom stereocenters. The van der Waals surface area contributed by atoms with E-state index in [4.69, 9.17) is 16.3 Å². The van der Waals surface area contributed by atoms with Crippen LogP contribution in [0.15, 0.2) is 24.3 Å². The van der Waals surface area contributed by atoms with E-state index in [9.17, 15) is 9.59 Å². The van der Waals surface area contributed by atoms with Gasteiger partial charge >= 0.3 is 6.09 Å². The summed E-state index contributed by atoms with van der Waals surface area (Å²) in [5.41, 5.74) is 0.614. The molecule has 22 heavy (non-hydrogen) atoms. The van der Waals surface area contributed by atoms with E-state index in [0.29, 0.717) is 43.4 Å². The van der Waals surface area contributed by atoms with Gasteiger partial charge in [-0.25, -0.2) is 4.79 Å².